The van der Waals surface area contributed by atoms with Gasteiger partial charge in [-0.15, -0.1) is 0 Å². The summed E-state index contributed by atoms with van der Waals surface area (Å²) in [5, 5.41) is 11.5. The maximum absolute atomic E-state index is 11.5. The monoisotopic (exact) mass is 391 g/mol. The summed E-state index contributed by atoms with van der Waals surface area (Å²) in [6, 6.07) is 6.92. The van der Waals surface area contributed by atoms with Crippen LogP contribution in [-0.4, -0.2) is 47.2 Å². The normalized spacial score (nSPS) is 27.0. The molecule has 0 amide bonds. The molecule has 0 spiro atoms. The Morgan fingerprint density at radius 1 is 1.10 bits per heavy atom. The molecule has 5 heterocycles. The van der Waals surface area contributed by atoms with E-state index in [1.165, 1.54) is 5.56 Å². The molecular weight excluding hydrogens is 362 g/mol. The Kier molecular flexibility index (Phi) is 4.84. The second-order valence-corrected chi connectivity index (χ2v) is 8.80. The van der Waals surface area contributed by atoms with Crippen molar-refractivity contribution in [1.29, 1.82) is 0 Å². The number of nitrogens with zero attached hydrogens (tertiary/aromatic N) is 5. The zero-order chi connectivity index (χ0) is 19.8. The van der Waals surface area contributed by atoms with Crippen molar-refractivity contribution < 1.29 is 5.11 Å². The molecule has 2 fully saturated rings. The van der Waals surface area contributed by atoms with Crippen LogP contribution in [0.25, 0.3) is 11.0 Å². The Hall–Kier alpha value is -2.31. The van der Waals surface area contributed by atoms with E-state index in [9.17, 15) is 5.11 Å². The lowest BCUT2D eigenvalue weighted by Crippen LogP contribution is -2.52. The van der Waals surface area contributed by atoms with E-state index in [1.807, 2.05) is 30.7 Å². The van der Waals surface area contributed by atoms with Crippen molar-refractivity contribution in [3.05, 3.63) is 54.4 Å². The van der Waals surface area contributed by atoms with Gasteiger partial charge in [0.1, 0.15) is 5.82 Å². The molecule has 1 N–H and O–H groups in total. The Labute approximate surface area is 171 Å². The van der Waals surface area contributed by atoms with Crippen molar-refractivity contribution in [3.8, 4) is 0 Å². The molecule has 0 unspecified atom stereocenters. The fourth-order valence-electron chi connectivity index (χ4n) is 5.30. The Morgan fingerprint density at radius 3 is 2.59 bits per heavy atom. The lowest BCUT2D eigenvalue weighted by Gasteiger charge is -2.44. The molecule has 2 bridgehead atoms. The van der Waals surface area contributed by atoms with Gasteiger partial charge in [0.2, 0.25) is 0 Å². The van der Waals surface area contributed by atoms with Gasteiger partial charge in [-0.1, -0.05) is 6.92 Å². The van der Waals surface area contributed by atoms with Crippen molar-refractivity contribution in [3.63, 3.8) is 0 Å². The van der Waals surface area contributed by atoms with Crippen LogP contribution in [0.3, 0.4) is 0 Å². The van der Waals surface area contributed by atoms with Gasteiger partial charge in [-0.05, 0) is 50.3 Å². The first-order chi connectivity index (χ1) is 14.1. The maximum atomic E-state index is 11.5. The number of aromatic nitrogens is 4. The molecule has 3 aromatic rings. The van der Waals surface area contributed by atoms with Gasteiger partial charge in [-0.3, -0.25) is 9.88 Å². The second-order valence-electron chi connectivity index (χ2n) is 8.80. The van der Waals surface area contributed by atoms with Crippen LogP contribution in [0.15, 0.2) is 43.0 Å². The summed E-state index contributed by atoms with van der Waals surface area (Å²) < 4.78 is 2.16. The van der Waals surface area contributed by atoms with Crippen LogP contribution in [0, 0.1) is 0 Å². The van der Waals surface area contributed by atoms with E-state index in [0.29, 0.717) is 18.6 Å². The largest absolute Gasteiger partial charge is 0.388 e. The average Bonchev–Trinajstić information content (AvgIpc) is 3.22. The van der Waals surface area contributed by atoms with Gasteiger partial charge in [0.05, 0.1) is 23.2 Å². The van der Waals surface area contributed by atoms with Gasteiger partial charge >= 0.3 is 0 Å². The van der Waals surface area contributed by atoms with Crippen LogP contribution in [0.4, 0.5) is 0 Å². The minimum Gasteiger partial charge on any atom is -0.388 e. The molecule has 2 aliphatic heterocycles. The van der Waals surface area contributed by atoms with Crippen molar-refractivity contribution >= 4 is 11.0 Å². The Morgan fingerprint density at radius 2 is 1.86 bits per heavy atom. The van der Waals surface area contributed by atoms with Crippen LogP contribution in [0.2, 0.25) is 0 Å². The first-order valence-electron chi connectivity index (χ1n) is 10.8. The number of fused-ring (bicyclic) bond motifs is 3. The van der Waals surface area contributed by atoms with E-state index >= 15 is 0 Å². The average molecular weight is 392 g/mol. The van der Waals surface area contributed by atoms with Gasteiger partial charge in [0.25, 0.3) is 0 Å². The molecule has 5 rings (SSSR count). The molecular formula is C23H29N5O. The fraction of sp³-hybridized carbons (Fsp3) is 0.522. The second kappa shape index (κ2) is 7.50. The fourth-order valence-corrected chi connectivity index (χ4v) is 5.30. The summed E-state index contributed by atoms with van der Waals surface area (Å²) in [6.07, 6.45) is 13.8. The number of aryl methyl sites for hydroxylation is 1. The van der Waals surface area contributed by atoms with Crippen LogP contribution in [0.1, 0.15) is 50.4 Å². The van der Waals surface area contributed by atoms with Gasteiger partial charge < -0.3 is 9.67 Å². The lowest BCUT2D eigenvalue weighted by molar-refractivity contribution is -0.0644. The number of hydrogen-bond acceptors (Lipinski definition) is 5. The van der Waals surface area contributed by atoms with Crippen LogP contribution in [-0.2, 0) is 19.5 Å². The molecule has 3 aromatic heterocycles. The molecule has 0 radical (unpaired) electrons. The van der Waals surface area contributed by atoms with Crippen LogP contribution in [0.5, 0.6) is 0 Å². The molecule has 2 saturated heterocycles. The van der Waals surface area contributed by atoms with Gasteiger partial charge in [-0.25, -0.2) is 9.97 Å². The third-order valence-electron chi connectivity index (χ3n) is 6.60. The van der Waals surface area contributed by atoms with Crippen molar-refractivity contribution in [2.24, 2.45) is 0 Å². The molecule has 0 aromatic carbocycles. The zero-order valence-electron chi connectivity index (χ0n) is 17.0. The molecule has 6 nitrogen and oxygen atoms in total. The highest BCUT2D eigenvalue weighted by Crippen LogP contribution is 2.42. The summed E-state index contributed by atoms with van der Waals surface area (Å²) in [5.41, 5.74) is 2.60. The molecule has 2 aliphatic rings. The van der Waals surface area contributed by atoms with E-state index < -0.39 is 5.60 Å². The highest BCUT2D eigenvalue weighted by atomic mass is 16.3. The van der Waals surface area contributed by atoms with Crippen molar-refractivity contribution in [1.82, 2.24) is 24.4 Å². The highest BCUT2D eigenvalue weighted by Gasteiger charge is 2.47. The predicted molar refractivity (Wildman–Crippen MR) is 112 cm³/mol. The molecule has 29 heavy (non-hydrogen) atoms. The van der Waals surface area contributed by atoms with Gasteiger partial charge in [0.15, 0.2) is 0 Å². The smallest absolute Gasteiger partial charge is 0.128 e. The number of rotatable bonds is 6. The topological polar surface area (TPSA) is 67.1 Å². The lowest BCUT2D eigenvalue weighted by atomic mass is 9.85. The molecule has 152 valence electrons. The third kappa shape index (κ3) is 3.67. The first kappa shape index (κ1) is 18.7. The SMILES string of the molecule is CCCc1ncc(CN2[C@H]3CC[C@H]2CC(O)(Cn2ccc4ncccc42)C3)cn1. The predicted octanol–water partition coefficient (Wildman–Crippen LogP) is 3.34. The van der Waals surface area contributed by atoms with E-state index in [1.54, 1.807) is 0 Å². The van der Waals surface area contributed by atoms with Crippen molar-refractivity contribution in [2.45, 2.75) is 76.2 Å². The summed E-state index contributed by atoms with van der Waals surface area (Å²) in [5.74, 6) is 0.931. The zero-order valence-corrected chi connectivity index (χ0v) is 17.0. The molecule has 2 atom stereocenters. The minimum atomic E-state index is -0.661. The number of pyridine rings is 1. The third-order valence-corrected chi connectivity index (χ3v) is 6.60. The summed E-state index contributed by atoms with van der Waals surface area (Å²) in [7, 11) is 0. The Bertz CT molecular complexity index is 968. The van der Waals surface area contributed by atoms with E-state index in [4.69, 9.17) is 0 Å². The number of aliphatic hydroxyl groups is 1. The van der Waals surface area contributed by atoms with Crippen molar-refractivity contribution in [2.75, 3.05) is 0 Å². The summed E-state index contributed by atoms with van der Waals surface area (Å²) in [4.78, 5) is 16.0. The van der Waals surface area contributed by atoms with E-state index in [2.05, 4.69) is 43.6 Å². The Balaban J connectivity index is 1.29. The highest BCUT2D eigenvalue weighted by molar-refractivity contribution is 5.75. The quantitative estimate of drug-likeness (QED) is 0.698. The minimum absolute atomic E-state index is 0.425. The first-order valence-corrected chi connectivity index (χ1v) is 10.8. The van der Waals surface area contributed by atoms with Gasteiger partial charge in [-0.2, -0.15) is 0 Å². The summed E-state index contributed by atoms with van der Waals surface area (Å²) in [6.45, 7) is 3.67. The number of piperidine rings is 1. The van der Waals surface area contributed by atoms with E-state index in [-0.39, 0.29) is 0 Å². The standard InChI is InChI=1S/C23H29N5O/c1-2-4-22-25-13-17(14-26-22)15-28-18-6-7-19(28)12-23(29,11-18)16-27-10-8-20-21(27)5-3-9-24-20/h3,5,8-10,13-14,18-19,29H,2,4,6-7,11-12,15-16H2,1H3/t18-,19-/m0/s1. The molecule has 0 saturated carbocycles. The molecule has 6 heteroatoms. The maximum Gasteiger partial charge on any atom is 0.128 e. The number of hydrogen-bond donors (Lipinski definition) is 1. The van der Waals surface area contributed by atoms with Crippen LogP contribution >= 0.6 is 0 Å². The molecule has 0 aliphatic carbocycles. The summed E-state index contributed by atoms with van der Waals surface area (Å²) >= 11 is 0. The van der Waals surface area contributed by atoms with Gasteiger partial charge in [0, 0.05) is 55.4 Å². The van der Waals surface area contributed by atoms with Crippen LogP contribution < -0.4 is 0 Å². The van der Waals surface area contributed by atoms with E-state index in [0.717, 1.165) is 61.9 Å².